The van der Waals surface area contributed by atoms with Crippen LogP contribution < -0.4 is 5.32 Å². The fourth-order valence-corrected chi connectivity index (χ4v) is 1.85. The van der Waals surface area contributed by atoms with Gasteiger partial charge in [0.15, 0.2) is 0 Å². The third kappa shape index (κ3) is 4.01. The second-order valence-corrected chi connectivity index (χ2v) is 5.50. The van der Waals surface area contributed by atoms with Crippen LogP contribution in [0.3, 0.4) is 0 Å². The van der Waals surface area contributed by atoms with Crippen molar-refractivity contribution in [2.45, 2.75) is 46.1 Å². The zero-order chi connectivity index (χ0) is 13.9. The molecule has 1 aliphatic rings. The Labute approximate surface area is 107 Å². The van der Waals surface area contributed by atoms with Crippen molar-refractivity contribution >= 4 is 17.7 Å². The van der Waals surface area contributed by atoms with Gasteiger partial charge in [-0.05, 0) is 27.2 Å². The van der Waals surface area contributed by atoms with Crippen LogP contribution in [-0.4, -0.2) is 46.4 Å². The van der Waals surface area contributed by atoms with Crippen molar-refractivity contribution in [2.75, 3.05) is 13.1 Å². The molecule has 0 aromatic rings. The predicted molar refractivity (Wildman–Crippen MR) is 66.2 cm³/mol. The molecular formula is C12H21N3O3. The minimum absolute atomic E-state index is 0.103. The molecule has 0 atom stereocenters. The number of nitrogens with one attached hydrogen (secondary N) is 1. The van der Waals surface area contributed by atoms with Crippen molar-refractivity contribution in [3.63, 3.8) is 0 Å². The van der Waals surface area contributed by atoms with Gasteiger partial charge in [-0.3, -0.25) is 19.4 Å². The number of hydrazine groups is 1. The monoisotopic (exact) mass is 255 g/mol. The Balaban J connectivity index is 2.67. The minimum Gasteiger partial charge on any atom is -0.350 e. The summed E-state index contributed by atoms with van der Waals surface area (Å²) in [6.07, 6.45) is 1.16. The highest BCUT2D eigenvalue weighted by Crippen LogP contribution is 2.13. The second kappa shape index (κ2) is 5.37. The Kier molecular flexibility index (Phi) is 4.32. The van der Waals surface area contributed by atoms with Crippen LogP contribution in [0.4, 0.5) is 0 Å². The van der Waals surface area contributed by atoms with Crippen LogP contribution in [0.15, 0.2) is 0 Å². The molecule has 0 spiro atoms. The summed E-state index contributed by atoms with van der Waals surface area (Å²) in [6, 6.07) is 0. The first kappa shape index (κ1) is 14.5. The minimum atomic E-state index is -0.353. The number of carbonyl (C=O) groups excluding carboxylic acids is 3. The highest BCUT2D eigenvalue weighted by atomic mass is 16.2. The first-order valence-electron chi connectivity index (χ1n) is 6.10. The van der Waals surface area contributed by atoms with E-state index in [1.165, 1.54) is 16.9 Å². The molecule has 3 amide bonds. The van der Waals surface area contributed by atoms with Gasteiger partial charge in [0.2, 0.25) is 17.7 Å². The summed E-state index contributed by atoms with van der Waals surface area (Å²) in [7, 11) is 0. The van der Waals surface area contributed by atoms with E-state index in [0.29, 0.717) is 13.0 Å². The molecule has 6 heteroatoms. The summed E-state index contributed by atoms with van der Waals surface area (Å²) in [4.78, 5) is 34.9. The lowest BCUT2D eigenvalue weighted by Gasteiger charge is -2.31. The van der Waals surface area contributed by atoms with Gasteiger partial charge in [-0.15, -0.1) is 0 Å². The highest BCUT2D eigenvalue weighted by Gasteiger charge is 2.30. The van der Waals surface area contributed by atoms with E-state index < -0.39 is 0 Å². The Bertz CT molecular complexity index is 360. The molecule has 6 nitrogen and oxygen atoms in total. The summed E-state index contributed by atoms with van der Waals surface area (Å²) in [5, 5.41) is 5.36. The van der Waals surface area contributed by atoms with E-state index in [1.54, 1.807) is 0 Å². The lowest BCUT2D eigenvalue weighted by molar-refractivity contribution is -0.160. The molecule has 0 aromatic heterocycles. The topological polar surface area (TPSA) is 69.7 Å². The van der Waals surface area contributed by atoms with Crippen molar-refractivity contribution in [1.82, 2.24) is 15.3 Å². The quantitative estimate of drug-likeness (QED) is 0.788. The third-order valence-corrected chi connectivity index (χ3v) is 2.51. The van der Waals surface area contributed by atoms with Gasteiger partial charge in [0.05, 0.1) is 0 Å². The molecule has 0 bridgehead atoms. The Morgan fingerprint density at radius 1 is 1.39 bits per heavy atom. The Morgan fingerprint density at radius 3 is 2.39 bits per heavy atom. The van der Waals surface area contributed by atoms with Gasteiger partial charge in [-0.1, -0.05) is 0 Å². The van der Waals surface area contributed by atoms with Crippen molar-refractivity contribution in [2.24, 2.45) is 0 Å². The van der Waals surface area contributed by atoms with Crippen LogP contribution in [0.2, 0.25) is 0 Å². The molecule has 0 aromatic carbocycles. The molecule has 1 fully saturated rings. The highest BCUT2D eigenvalue weighted by molar-refractivity contribution is 5.87. The molecule has 1 rings (SSSR count). The first-order chi connectivity index (χ1) is 8.20. The van der Waals surface area contributed by atoms with Crippen LogP contribution in [0.25, 0.3) is 0 Å². The predicted octanol–water partition coefficient (Wildman–Crippen LogP) is 0.287. The fourth-order valence-electron chi connectivity index (χ4n) is 1.85. The number of nitrogens with zero attached hydrogens (tertiary/aromatic N) is 2. The van der Waals surface area contributed by atoms with Gasteiger partial charge in [0.25, 0.3) is 0 Å². The van der Waals surface area contributed by atoms with Crippen LogP contribution >= 0.6 is 0 Å². The maximum atomic E-state index is 11.8. The summed E-state index contributed by atoms with van der Waals surface area (Å²) in [5.41, 5.74) is -0.353. The van der Waals surface area contributed by atoms with Crippen LogP contribution in [0.1, 0.15) is 40.5 Å². The first-order valence-corrected chi connectivity index (χ1v) is 6.10. The molecule has 1 N–H and O–H groups in total. The van der Waals surface area contributed by atoms with Crippen LogP contribution in [0, 0.1) is 0 Å². The van der Waals surface area contributed by atoms with E-state index in [2.05, 4.69) is 5.32 Å². The number of rotatable bonds is 3. The van der Waals surface area contributed by atoms with Crippen molar-refractivity contribution in [3.8, 4) is 0 Å². The number of amides is 3. The molecule has 0 saturated carbocycles. The van der Waals surface area contributed by atoms with E-state index in [9.17, 15) is 14.4 Å². The molecule has 0 radical (unpaired) electrons. The maximum absolute atomic E-state index is 11.8. The third-order valence-electron chi connectivity index (χ3n) is 2.51. The van der Waals surface area contributed by atoms with Crippen LogP contribution in [0.5, 0.6) is 0 Å². The molecule has 18 heavy (non-hydrogen) atoms. The summed E-state index contributed by atoms with van der Waals surface area (Å²) in [6.45, 7) is 7.34. The molecule has 0 unspecified atom stereocenters. The van der Waals surface area contributed by atoms with Crippen molar-refractivity contribution in [3.05, 3.63) is 0 Å². The van der Waals surface area contributed by atoms with Gasteiger partial charge < -0.3 is 5.32 Å². The van der Waals surface area contributed by atoms with Crippen molar-refractivity contribution in [1.29, 1.82) is 0 Å². The molecule has 1 aliphatic heterocycles. The zero-order valence-corrected chi connectivity index (χ0v) is 11.4. The summed E-state index contributed by atoms with van der Waals surface area (Å²) < 4.78 is 0. The Morgan fingerprint density at radius 2 is 2.00 bits per heavy atom. The normalized spacial score (nSPS) is 15.8. The van der Waals surface area contributed by atoms with E-state index in [0.717, 1.165) is 6.42 Å². The maximum Gasteiger partial charge on any atom is 0.242 e. The molecular weight excluding hydrogens is 234 g/mol. The van der Waals surface area contributed by atoms with Gasteiger partial charge >= 0.3 is 0 Å². The lowest BCUT2D eigenvalue weighted by atomic mass is 10.1. The SMILES string of the molecule is CC(=O)N(CC(=O)NC(C)(C)C)N1CCCC1=O. The van der Waals surface area contributed by atoms with E-state index in [-0.39, 0.29) is 29.8 Å². The average Bonchev–Trinajstić information content (AvgIpc) is 2.57. The van der Waals surface area contributed by atoms with Crippen molar-refractivity contribution < 1.29 is 14.4 Å². The average molecular weight is 255 g/mol. The number of carbonyl (C=O) groups is 3. The fraction of sp³-hybridized carbons (Fsp3) is 0.750. The van der Waals surface area contributed by atoms with E-state index >= 15 is 0 Å². The standard InChI is InChI=1S/C12H21N3O3/c1-9(16)15(14-7-5-6-11(14)18)8-10(17)13-12(2,3)4/h5-8H2,1-4H3,(H,13,17). The molecule has 102 valence electrons. The van der Waals surface area contributed by atoms with Gasteiger partial charge in [-0.2, -0.15) is 0 Å². The second-order valence-electron chi connectivity index (χ2n) is 5.50. The number of hydrogen-bond donors (Lipinski definition) is 1. The molecule has 1 heterocycles. The molecule has 0 aliphatic carbocycles. The largest absolute Gasteiger partial charge is 0.350 e. The van der Waals surface area contributed by atoms with E-state index in [1.807, 2.05) is 20.8 Å². The van der Waals surface area contributed by atoms with Gasteiger partial charge in [-0.25, -0.2) is 5.01 Å². The van der Waals surface area contributed by atoms with Gasteiger partial charge in [0, 0.05) is 25.4 Å². The summed E-state index contributed by atoms with van der Waals surface area (Å²) >= 11 is 0. The smallest absolute Gasteiger partial charge is 0.242 e. The molecule has 1 saturated heterocycles. The Hall–Kier alpha value is -1.59. The summed E-state index contributed by atoms with van der Waals surface area (Å²) in [5.74, 6) is -0.666. The number of hydrogen-bond acceptors (Lipinski definition) is 3. The lowest BCUT2D eigenvalue weighted by Crippen LogP contribution is -2.53. The van der Waals surface area contributed by atoms with E-state index in [4.69, 9.17) is 0 Å². The van der Waals surface area contributed by atoms with Crippen LogP contribution in [-0.2, 0) is 14.4 Å². The zero-order valence-electron chi connectivity index (χ0n) is 11.4. The van der Waals surface area contributed by atoms with Gasteiger partial charge in [0.1, 0.15) is 6.54 Å².